The molecule has 0 N–H and O–H groups in total. The number of carbonyl (C=O) groups is 1. The molecule has 0 aliphatic rings. The van der Waals surface area contributed by atoms with Gasteiger partial charge in [-0.1, -0.05) is 56.1 Å². The maximum atomic E-state index is 13.5. The smallest absolute Gasteiger partial charge is 0.298 e. The summed E-state index contributed by atoms with van der Waals surface area (Å²) in [5, 5.41) is 0. The van der Waals surface area contributed by atoms with Gasteiger partial charge in [0, 0.05) is 14.5 Å². The Balaban J connectivity index is 2.47. The van der Waals surface area contributed by atoms with Crippen molar-refractivity contribution < 1.29 is 31.1 Å². The van der Waals surface area contributed by atoms with E-state index in [2.05, 4.69) is 31.9 Å². The molecule has 0 amide bonds. The van der Waals surface area contributed by atoms with Crippen LogP contribution in [-0.2, 0) is 6.18 Å². The lowest BCUT2D eigenvalue weighted by molar-refractivity contribution is -0.139. The Bertz CT molecular complexity index is 851. The lowest BCUT2D eigenvalue weighted by atomic mass is 9.96. The highest BCUT2D eigenvalue weighted by Crippen LogP contribution is 2.39. The van der Waals surface area contributed by atoms with Gasteiger partial charge < -0.3 is 0 Å². The first-order valence-electron chi connectivity index (χ1n) is 7.29. The average Bonchev–Trinajstić information content (AvgIpc) is 2.52. The van der Waals surface area contributed by atoms with Crippen LogP contribution < -0.4 is 0 Å². The molecule has 1 nitrogen and oxygen atoms in total. The van der Waals surface area contributed by atoms with Crippen molar-refractivity contribution in [2.75, 3.05) is 0 Å². The summed E-state index contributed by atoms with van der Waals surface area (Å²) >= 11 is 6.22. The van der Waals surface area contributed by atoms with E-state index in [4.69, 9.17) is 0 Å². The fourth-order valence-corrected chi connectivity index (χ4v) is 3.73. The highest BCUT2D eigenvalue weighted by Gasteiger charge is 2.39. The Morgan fingerprint density at radius 3 is 1.96 bits per heavy atom. The fourth-order valence-electron chi connectivity index (χ4n) is 2.40. The molecule has 0 aliphatic carbocycles. The molecule has 2 aromatic carbocycles. The quantitative estimate of drug-likeness (QED) is 0.306. The van der Waals surface area contributed by atoms with E-state index in [1.165, 1.54) is 12.1 Å². The van der Waals surface area contributed by atoms with Crippen molar-refractivity contribution in [1.29, 1.82) is 0 Å². The Hall–Kier alpha value is -1.61. The van der Waals surface area contributed by atoms with Crippen LogP contribution in [0.25, 0.3) is 6.08 Å². The predicted octanol–water partition coefficient (Wildman–Crippen LogP) is 7.40. The predicted molar refractivity (Wildman–Crippen MR) is 96.5 cm³/mol. The molecule has 0 aliphatic heterocycles. The average molecular weight is 516 g/mol. The largest absolute Gasteiger partial charge is 0.417 e. The topological polar surface area (TPSA) is 17.1 Å². The van der Waals surface area contributed by atoms with E-state index in [0.717, 1.165) is 24.3 Å². The summed E-state index contributed by atoms with van der Waals surface area (Å²) in [6.07, 6.45) is -7.65. The van der Waals surface area contributed by atoms with Crippen LogP contribution in [0, 0.1) is 0 Å². The zero-order valence-electron chi connectivity index (χ0n) is 13.2. The zero-order chi connectivity index (χ0) is 20.4. The molecule has 0 heterocycles. The van der Waals surface area contributed by atoms with E-state index in [0.29, 0.717) is 15.0 Å². The summed E-state index contributed by atoms with van der Waals surface area (Å²) < 4.78 is 80.1. The molecule has 0 aromatic heterocycles. The maximum absolute atomic E-state index is 13.5. The summed E-state index contributed by atoms with van der Waals surface area (Å²) in [6, 6.07) is 6.85. The third-order valence-electron chi connectivity index (χ3n) is 3.59. The Labute approximate surface area is 167 Å². The van der Waals surface area contributed by atoms with Gasteiger partial charge in [-0.15, -0.1) is 0 Å². The normalized spacial score (nSPS) is 13.8. The molecule has 9 heteroatoms. The van der Waals surface area contributed by atoms with Gasteiger partial charge >= 0.3 is 12.4 Å². The highest BCUT2D eigenvalue weighted by molar-refractivity contribution is 9.11. The zero-order valence-corrected chi connectivity index (χ0v) is 16.4. The summed E-state index contributed by atoms with van der Waals surface area (Å²) in [5.74, 6) is -2.02. The van der Waals surface area contributed by atoms with E-state index in [-0.39, 0.29) is 17.4 Å². The van der Waals surface area contributed by atoms with Gasteiger partial charge in [-0.2, -0.15) is 26.3 Å². The second-order valence-electron chi connectivity index (χ2n) is 5.54. The third-order valence-corrected chi connectivity index (χ3v) is 4.50. The lowest BCUT2D eigenvalue weighted by Crippen LogP contribution is -2.19. The van der Waals surface area contributed by atoms with Crippen LogP contribution in [0.4, 0.5) is 26.3 Å². The number of rotatable bonds is 4. The molecule has 27 heavy (non-hydrogen) atoms. The van der Waals surface area contributed by atoms with Crippen LogP contribution >= 0.6 is 31.9 Å². The first kappa shape index (κ1) is 21.7. The van der Waals surface area contributed by atoms with Crippen molar-refractivity contribution in [3.63, 3.8) is 0 Å². The summed E-state index contributed by atoms with van der Waals surface area (Å²) in [5.41, 5.74) is -1.96. The number of carbonyl (C=O) groups excluding carboxylic acids is 1. The number of hydrogen-bond acceptors (Lipinski definition) is 1. The Morgan fingerprint density at radius 1 is 0.889 bits per heavy atom. The summed E-state index contributed by atoms with van der Waals surface area (Å²) in [4.78, 5) is 10.8. The molecule has 0 fully saturated rings. The minimum Gasteiger partial charge on any atom is -0.298 e. The van der Waals surface area contributed by atoms with Crippen LogP contribution in [0.3, 0.4) is 0 Å². The van der Waals surface area contributed by atoms with Crippen LogP contribution in [0.1, 0.15) is 33.0 Å². The number of allylic oxidation sites excluding steroid dienone is 1. The van der Waals surface area contributed by atoms with Gasteiger partial charge in [0.1, 0.15) is 0 Å². The lowest BCUT2D eigenvalue weighted by Gasteiger charge is -2.18. The van der Waals surface area contributed by atoms with Gasteiger partial charge in [0.25, 0.3) is 0 Å². The fraction of sp³-hybridized carbons (Fsp3) is 0.167. The van der Waals surface area contributed by atoms with Crippen molar-refractivity contribution in [3.8, 4) is 0 Å². The van der Waals surface area contributed by atoms with E-state index in [1.54, 1.807) is 6.07 Å². The number of aldehydes is 1. The van der Waals surface area contributed by atoms with Crippen molar-refractivity contribution in [2.45, 2.75) is 18.3 Å². The maximum Gasteiger partial charge on any atom is 0.417 e. The number of benzene rings is 2. The molecule has 144 valence electrons. The van der Waals surface area contributed by atoms with Crippen molar-refractivity contribution >= 4 is 44.2 Å². The molecule has 0 radical (unpaired) electrons. The van der Waals surface area contributed by atoms with Crippen molar-refractivity contribution in [1.82, 2.24) is 0 Å². The van der Waals surface area contributed by atoms with Gasteiger partial charge in [-0.3, -0.25) is 4.79 Å². The highest BCUT2D eigenvalue weighted by atomic mass is 79.9. The molecule has 0 saturated carbocycles. The molecule has 0 spiro atoms. The summed E-state index contributed by atoms with van der Waals surface area (Å²) in [7, 11) is 0. The molecule has 2 rings (SSSR count). The van der Waals surface area contributed by atoms with Crippen LogP contribution in [0.15, 0.2) is 51.4 Å². The molecule has 1 unspecified atom stereocenters. The molecule has 2 aromatic rings. The standard InChI is InChI=1S/C18H10Br2F6O/c19-13-6-12(7-14(20)8-13)15(17(21,22)23)4-2-10-1-3-11(9-27)16(5-10)18(24,25)26/h1-9,15H/b4-2+. The van der Waals surface area contributed by atoms with Gasteiger partial charge in [0.15, 0.2) is 6.29 Å². The first-order chi connectivity index (χ1) is 12.4. The monoisotopic (exact) mass is 514 g/mol. The molecule has 1 atom stereocenters. The van der Waals surface area contributed by atoms with Crippen molar-refractivity contribution in [3.05, 3.63) is 73.7 Å². The second kappa shape index (κ2) is 8.18. The van der Waals surface area contributed by atoms with Crippen LogP contribution in [-0.4, -0.2) is 12.5 Å². The molecular weight excluding hydrogens is 506 g/mol. The van der Waals surface area contributed by atoms with Crippen molar-refractivity contribution in [2.24, 2.45) is 0 Å². The SMILES string of the molecule is O=Cc1ccc(/C=C/C(c2cc(Br)cc(Br)c2)C(F)(F)F)cc1C(F)(F)F. The molecule has 0 bridgehead atoms. The van der Waals surface area contributed by atoms with E-state index < -0.39 is 29.4 Å². The van der Waals surface area contributed by atoms with E-state index >= 15 is 0 Å². The number of hydrogen-bond donors (Lipinski definition) is 0. The van der Waals surface area contributed by atoms with Crippen LogP contribution in [0.2, 0.25) is 0 Å². The van der Waals surface area contributed by atoms with Gasteiger partial charge in [0.05, 0.1) is 11.5 Å². The number of halogens is 8. The molecule has 0 saturated heterocycles. The number of alkyl halides is 6. The van der Waals surface area contributed by atoms with Crippen LogP contribution in [0.5, 0.6) is 0 Å². The van der Waals surface area contributed by atoms with Gasteiger partial charge in [-0.05, 0) is 35.4 Å². The minimum absolute atomic E-state index is 0.0495. The second-order valence-corrected chi connectivity index (χ2v) is 7.37. The van der Waals surface area contributed by atoms with E-state index in [1.807, 2.05) is 0 Å². The van der Waals surface area contributed by atoms with E-state index in [9.17, 15) is 31.1 Å². The Morgan fingerprint density at radius 2 is 1.48 bits per heavy atom. The first-order valence-corrected chi connectivity index (χ1v) is 8.88. The minimum atomic E-state index is -4.79. The van der Waals surface area contributed by atoms with Gasteiger partial charge in [-0.25, -0.2) is 0 Å². The Kier molecular flexibility index (Phi) is 6.57. The van der Waals surface area contributed by atoms with Gasteiger partial charge in [0.2, 0.25) is 0 Å². The summed E-state index contributed by atoms with van der Waals surface area (Å²) in [6.45, 7) is 0. The third kappa shape index (κ3) is 5.68. The molecular formula is C18H10Br2F6O.